The Morgan fingerprint density at radius 3 is 2.62 bits per heavy atom. The summed E-state index contributed by atoms with van der Waals surface area (Å²) in [6.07, 6.45) is -0.488. The Hall–Kier alpha value is -3.66. The van der Waals surface area contributed by atoms with E-state index in [1.165, 1.54) is 21.3 Å². The molecule has 0 saturated carbocycles. The zero-order chi connectivity index (χ0) is 44.8. The van der Waals surface area contributed by atoms with Crippen molar-refractivity contribution < 1.29 is 37.0 Å². The van der Waals surface area contributed by atoms with Crippen molar-refractivity contribution >= 4 is 69.4 Å². The number of anilines is 1. The average Bonchev–Trinajstić information content (AvgIpc) is 3.98. The van der Waals surface area contributed by atoms with Crippen molar-refractivity contribution in [2.24, 2.45) is 10.4 Å². The number of alkyl halides is 4. The number of urea groups is 1. The monoisotopic (exact) mass is 1010 g/mol. The standard InChI is InChI=1S/C44H59F3IN9O5S/c1-27-9-7-13-55(27)42(60)51-34-21-37-50-35(24-63-37)29-10-11-36-31(19-29)33(22-43(3,4)26-62-41(59)48-12-8-14-57(52-48)40(34)58)39(56(36)25-44(45,46)47)32-20-30(23-49-38(32)28(2)61-6)54-17-15-53(5)16-18-54/h10-11,19-20,23,27-28,34-35,52H,7-9,12-18,21-22,24-26H2,1-6H3,(H,51,60)/t27-,28+,34+,35?/m1/s1. The second-order valence-corrected chi connectivity index (χ2v) is 23.8. The molecule has 0 spiro atoms. The number of carbonyl (C=O) groups excluding carboxylic acids is 3. The van der Waals surface area contributed by atoms with Gasteiger partial charge in [-0.2, -0.15) is 0 Å². The van der Waals surface area contributed by atoms with Gasteiger partial charge in [-0.25, -0.2) is 0 Å². The molecular weight excluding hydrogens is 951 g/mol. The summed E-state index contributed by atoms with van der Waals surface area (Å²) >= 11 is -1.25. The number of methoxy groups -OCH3 is 1. The summed E-state index contributed by atoms with van der Waals surface area (Å²) < 4.78 is 61.5. The third-order valence-corrected chi connectivity index (χ3v) is 18.2. The molecule has 2 N–H and O–H groups in total. The summed E-state index contributed by atoms with van der Waals surface area (Å²) in [5.74, 6) is 0.235. The van der Waals surface area contributed by atoms with E-state index in [9.17, 15) is 27.6 Å². The van der Waals surface area contributed by atoms with Crippen molar-refractivity contribution in [2.45, 2.75) is 96.7 Å². The number of piperazine rings is 1. The van der Waals surface area contributed by atoms with E-state index in [0.717, 1.165) is 50.3 Å². The van der Waals surface area contributed by atoms with Gasteiger partial charge in [-0.3, -0.25) is 0 Å². The van der Waals surface area contributed by atoms with E-state index in [0.29, 0.717) is 68.2 Å². The Bertz CT molecular complexity index is 2250. The number of carbonyl (C=O) groups is 3. The minimum atomic E-state index is -4.56. The number of likely N-dealkylation sites (N-methyl/N-ethyl adjacent to an activating group) is 1. The van der Waals surface area contributed by atoms with E-state index in [4.69, 9.17) is 19.5 Å². The zero-order valence-corrected chi connectivity index (χ0v) is 39.9. The second-order valence-electron chi connectivity index (χ2n) is 18.2. The SMILES string of the molecule is CO[C@@H](C)c1ncc(N2CCN(C)CC2)cc1-c1c2c3cc(ccc3n1CC(F)(F)F)C1CSC(=N1)C[C@H](NC(=O)N1CCC[C@H]1C)C(=O)N1CCCI(N1)C(=O)OCC(C)(C)C2. The number of fused-ring (bicyclic) bond motifs is 5. The molecule has 3 fully saturated rings. The molecule has 8 rings (SSSR count). The van der Waals surface area contributed by atoms with Crippen LogP contribution in [0, 0.1) is 5.41 Å². The van der Waals surface area contributed by atoms with Crippen LogP contribution in [0.3, 0.4) is 0 Å². The number of aromatic nitrogens is 2. The van der Waals surface area contributed by atoms with Crippen molar-refractivity contribution in [3.8, 4) is 11.3 Å². The van der Waals surface area contributed by atoms with Crippen LogP contribution < -0.4 is 13.9 Å². The topological polar surface area (TPSA) is 137 Å². The number of thioether (sulfide) groups is 1. The predicted molar refractivity (Wildman–Crippen MR) is 249 cm³/mol. The fraction of sp³-hybridized carbons (Fsp3) is 0.614. The summed E-state index contributed by atoms with van der Waals surface area (Å²) in [7, 11) is 3.64. The molecule has 0 aliphatic carbocycles. The molecule has 5 aliphatic rings. The molecule has 3 aromatic rings. The normalized spacial score (nSPS) is 25.0. The molecule has 1 aromatic carbocycles. The van der Waals surface area contributed by atoms with Gasteiger partial charge in [-0.1, -0.05) is 0 Å². The number of cyclic esters (lactones) is 1. The predicted octanol–water partition coefficient (Wildman–Crippen LogP) is 7.74. The second kappa shape index (κ2) is 18.7. The van der Waals surface area contributed by atoms with Gasteiger partial charge in [0.2, 0.25) is 0 Å². The molecule has 1 unspecified atom stereocenters. The van der Waals surface area contributed by atoms with Crippen LogP contribution in [0.1, 0.15) is 82.3 Å². The first-order valence-electron chi connectivity index (χ1n) is 21.8. The van der Waals surface area contributed by atoms with Crippen LogP contribution in [0.25, 0.3) is 22.2 Å². The molecule has 19 heteroatoms. The van der Waals surface area contributed by atoms with Crippen LogP contribution in [-0.4, -0.2) is 134 Å². The van der Waals surface area contributed by atoms with Crippen molar-refractivity contribution in [3.05, 3.63) is 47.3 Å². The van der Waals surface area contributed by atoms with Crippen LogP contribution in [-0.2, 0) is 27.2 Å². The number of aliphatic imine (C=N–C) groups is 1. The number of nitrogens with zero attached hydrogens (tertiary/aromatic N) is 7. The van der Waals surface area contributed by atoms with E-state index in [1.807, 2.05) is 45.9 Å². The molecule has 5 aliphatic heterocycles. The molecule has 4 atom stereocenters. The van der Waals surface area contributed by atoms with Gasteiger partial charge >= 0.3 is 356 Å². The third-order valence-electron chi connectivity index (χ3n) is 12.8. The van der Waals surface area contributed by atoms with E-state index in [-0.39, 0.29) is 47.4 Å². The number of ether oxygens (including phenoxy) is 2. The Labute approximate surface area is 378 Å². The number of nitrogens with one attached hydrogen (secondary N) is 2. The van der Waals surface area contributed by atoms with Gasteiger partial charge in [0.25, 0.3) is 0 Å². The number of hydrogen-bond acceptors (Lipinski definition) is 11. The van der Waals surface area contributed by atoms with E-state index in [1.54, 1.807) is 24.3 Å². The maximum absolute atomic E-state index is 14.9. The first-order chi connectivity index (χ1) is 30.0. The van der Waals surface area contributed by atoms with Crippen LogP contribution in [0.5, 0.6) is 0 Å². The number of rotatable bonds is 6. The third kappa shape index (κ3) is 10.1. The minimum absolute atomic E-state index is 0.00104. The van der Waals surface area contributed by atoms with Gasteiger partial charge in [-0.05, 0) is 7.05 Å². The number of hydrogen-bond donors (Lipinski definition) is 2. The van der Waals surface area contributed by atoms with Crippen molar-refractivity contribution in [3.63, 3.8) is 0 Å². The molecule has 3 amide bonds. The van der Waals surface area contributed by atoms with Crippen molar-refractivity contribution in [1.29, 1.82) is 0 Å². The van der Waals surface area contributed by atoms with Gasteiger partial charge in [0, 0.05) is 13.1 Å². The molecule has 2 aromatic heterocycles. The van der Waals surface area contributed by atoms with Gasteiger partial charge in [0.05, 0.1) is 0 Å². The average molecular weight is 1010 g/mol. The molecular formula is C44H59F3IN9O5S. The van der Waals surface area contributed by atoms with Gasteiger partial charge in [-0.15, -0.1) is 0 Å². The molecule has 3 saturated heterocycles. The fourth-order valence-corrected chi connectivity index (χ4v) is 14.0. The molecule has 14 nitrogen and oxygen atoms in total. The number of likely N-dealkylation sites (tertiary alicyclic amines) is 1. The number of pyridine rings is 1. The maximum atomic E-state index is 14.9. The number of benzene rings is 1. The Kier molecular flexibility index (Phi) is 13.6. The Balaban J connectivity index is 1.27. The summed E-state index contributed by atoms with van der Waals surface area (Å²) in [6.45, 7) is 10.7. The van der Waals surface area contributed by atoms with Crippen LogP contribution >= 0.6 is 31.9 Å². The molecule has 344 valence electrons. The summed E-state index contributed by atoms with van der Waals surface area (Å²) in [4.78, 5) is 58.1. The molecule has 0 radical (unpaired) electrons. The Morgan fingerprint density at radius 2 is 1.90 bits per heavy atom. The first-order valence-corrected chi connectivity index (χ1v) is 26.5. The molecule has 63 heavy (non-hydrogen) atoms. The van der Waals surface area contributed by atoms with Crippen molar-refractivity contribution in [1.82, 2.24) is 33.3 Å². The van der Waals surface area contributed by atoms with Crippen LogP contribution in [0.2, 0.25) is 0 Å². The van der Waals surface area contributed by atoms with Gasteiger partial charge in [0.15, 0.2) is 0 Å². The number of amides is 3. The fourth-order valence-electron chi connectivity index (χ4n) is 9.21. The molecule has 7 heterocycles. The van der Waals surface area contributed by atoms with Gasteiger partial charge < -0.3 is 4.90 Å². The Morgan fingerprint density at radius 1 is 1.13 bits per heavy atom. The van der Waals surface area contributed by atoms with Crippen LogP contribution in [0.15, 0.2) is 35.5 Å². The number of halogens is 4. The first kappa shape index (κ1) is 45.9. The zero-order valence-electron chi connectivity index (χ0n) is 36.9. The number of hydrazine groups is 1. The summed E-state index contributed by atoms with van der Waals surface area (Å²) in [5.41, 5.74) is 3.52. The quantitative estimate of drug-likeness (QED) is 0.109. The van der Waals surface area contributed by atoms with E-state index >= 15 is 0 Å². The summed E-state index contributed by atoms with van der Waals surface area (Å²) in [5, 5.41) is 5.87. The van der Waals surface area contributed by atoms with E-state index < -0.39 is 50.4 Å². The summed E-state index contributed by atoms with van der Waals surface area (Å²) in [6, 6.07) is 6.02. The van der Waals surface area contributed by atoms with Crippen LogP contribution in [0.4, 0.5) is 28.4 Å². The van der Waals surface area contributed by atoms with Gasteiger partial charge in [0.1, 0.15) is 0 Å². The molecule has 6 bridgehead atoms. The van der Waals surface area contributed by atoms with Crippen molar-refractivity contribution in [2.75, 3.05) is 75.1 Å². The van der Waals surface area contributed by atoms with E-state index in [2.05, 4.69) is 25.8 Å².